The first kappa shape index (κ1) is 28.3. The molecule has 0 amide bonds. The first-order valence-corrected chi connectivity index (χ1v) is 13.0. The maximum absolute atomic E-state index is 2.51. The molecule has 1 heteroatoms. The summed E-state index contributed by atoms with van der Waals surface area (Å²) in [5, 5.41) is 3.00. The first-order chi connectivity index (χ1) is 15.1. The molecule has 180 valence electrons. The number of hydrogen-bond donors (Lipinski definition) is 0. The van der Waals surface area contributed by atoms with Crippen molar-refractivity contribution in [2.24, 2.45) is 5.41 Å². The molecule has 0 spiro atoms. The minimum atomic E-state index is 0. The predicted molar refractivity (Wildman–Crippen MR) is 144 cm³/mol. The molecular formula is C32H46Hf-2. The Morgan fingerprint density at radius 2 is 1.36 bits per heavy atom. The maximum atomic E-state index is 2.51. The van der Waals surface area contributed by atoms with Gasteiger partial charge in [-0.05, 0) is 18.3 Å². The van der Waals surface area contributed by atoms with Crippen molar-refractivity contribution in [3.8, 4) is 0 Å². The Morgan fingerprint density at radius 3 is 1.91 bits per heavy atom. The maximum Gasteiger partial charge on any atom is 0 e. The van der Waals surface area contributed by atoms with Gasteiger partial charge in [0, 0.05) is 25.8 Å². The molecule has 0 unspecified atom stereocenters. The number of hydrogen-bond acceptors (Lipinski definition) is 0. The van der Waals surface area contributed by atoms with Gasteiger partial charge in [0.05, 0.1) is 0 Å². The van der Waals surface area contributed by atoms with Crippen molar-refractivity contribution in [2.75, 3.05) is 0 Å². The smallest absolute Gasteiger partial charge is 0 e. The molecule has 0 saturated heterocycles. The van der Waals surface area contributed by atoms with Crippen molar-refractivity contribution in [2.45, 2.75) is 113 Å². The molecule has 33 heavy (non-hydrogen) atoms. The monoisotopic (exact) mass is 610 g/mol. The Kier molecular flexibility index (Phi) is 10.4. The fourth-order valence-corrected chi connectivity index (χ4v) is 5.55. The van der Waals surface area contributed by atoms with Gasteiger partial charge in [0.25, 0.3) is 0 Å². The summed E-state index contributed by atoms with van der Waals surface area (Å²) in [5.41, 5.74) is 12.6. The van der Waals surface area contributed by atoms with Gasteiger partial charge in [0.15, 0.2) is 0 Å². The van der Waals surface area contributed by atoms with E-state index in [4.69, 9.17) is 0 Å². The molecule has 0 nitrogen and oxygen atoms in total. The molecule has 0 heterocycles. The summed E-state index contributed by atoms with van der Waals surface area (Å²) in [6.07, 6.45) is 12.1. The van der Waals surface area contributed by atoms with Gasteiger partial charge in [0.1, 0.15) is 0 Å². The van der Waals surface area contributed by atoms with Crippen LogP contribution in [0.4, 0.5) is 0 Å². The third kappa shape index (κ3) is 6.81. The summed E-state index contributed by atoms with van der Waals surface area (Å²) in [6.45, 7) is 18.1. The zero-order chi connectivity index (χ0) is 23.5. The number of fused-ring (bicyclic) bond motifs is 2. The SMILES string of the molecule is CCCCCCCC[c-]1ccc2cc3c(cc21)CC(C)(C)C3.Cc1c(C)c(C)[c-](C)c1C.[Hf]. The molecule has 0 fully saturated rings. The second kappa shape index (κ2) is 12.1. The van der Waals surface area contributed by atoms with Crippen LogP contribution in [0.3, 0.4) is 0 Å². The van der Waals surface area contributed by atoms with Gasteiger partial charge in [-0.3, -0.25) is 0 Å². The molecule has 0 bridgehead atoms. The zero-order valence-electron chi connectivity index (χ0n) is 22.7. The van der Waals surface area contributed by atoms with E-state index in [9.17, 15) is 0 Å². The molecular weight excluding hydrogens is 563 g/mol. The Hall–Kier alpha value is -0.950. The van der Waals surface area contributed by atoms with Gasteiger partial charge >= 0.3 is 0 Å². The summed E-state index contributed by atoms with van der Waals surface area (Å²) in [7, 11) is 0. The Bertz CT molecular complexity index is 960. The number of benzene rings is 1. The first-order valence-electron chi connectivity index (χ1n) is 13.0. The number of rotatable bonds is 7. The summed E-state index contributed by atoms with van der Waals surface area (Å²) in [4.78, 5) is 0. The van der Waals surface area contributed by atoms with E-state index in [1.165, 1.54) is 96.4 Å². The fraction of sp³-hybridized carbons (Fsp3) is 0.562. The Balaban J connectivity index is 0.000000297. The van der Waals surface area contributed by atoms with Crippen LogP contribution >= 0.6 is 0 Å². The average molecular weight is 609 g/mol. The third-order valence-electron chi connectivity index (χ3n) is 8.13. The molecule has 3 aromatic carbocycles. The second-order valence-corrected chi connectivity index (χ2v) is 11.2. The van der Waals surface area contributed by atoms with Crippen LogP contribution in [0.5, 0.6) is 0 Å². The molecule has 4 rings (SSSR count). The van der Waals surface area contributed by atoms with Crippen molar-refractivity contribution in [3.63, 3.8) is 0 Å². The van der Waals surface area contributed by atoms with Gasteiger partial charge in [-0.15, -0.1) is 34.5 Å². The van der Waals surface area contributed by atoms with Gasteiger partial charge in [-0.1, -0.05) is 111 Å². The molecule has 0 aliphatic heterocycles. The second-order valence-electron chi connectivity index (χ2n) is 11.2. The average Bonchev–Trinajstić information content (AvgIpc) is 3.33. The molecule has 0 aromatic heterocycles. The van der Waals surface area contributed by atoms with Gasteiger partial charge in [-0.25, -0.2) is 0 Å². The standard InChI is InChI=1S/C22H31.C10H15.Hf/c1-4-5-6-7-8-9-10-17-11-12-18-13-19-15-22(2,3)16-20(19)14-21(17)18;1-6-7(2)9(4)10(5)8(6)3;/h11-14H,4-10,15-16H2,1-3H3;1-5H3;/q2*-1;. The van der Waals surface area contributed by atoms with E-state index < -0.39 is 0 Å². The molecule has 0 atom stereocenters. The van der Waals surface area contributed by atoms with Crippen molar-refractivity contribution >= 4 is 10.8 Å². The van der Waals surface area contributed by atoms with Crippen molar-refractivity contribution in [3.05, 3.63) is 68.8 Å². The van der Waals surface area contributed by atoms with Crippen LogP contribution in [-0.4, -0.2) is 0 Å². The van der Waals surface area contributed by atoms with Crippen molar-refractivity contribution in [1.82, 2.24) is 0 Å². The quantitative estimate of drug-likeness (QED) is 0.142. The van der Waals surface area contributed by atoms with Crippen LogP contribution in [0.15, 0.2) is 24.3 Å². The van der Waals surface area contributed by atoms with E-state index in [0.717, 1.165) is 0 Å². The summed E-state index contributed by atoms with van der Waals surface area (Å²) in [6, 6.07) is 9.68. The van der Waals surface area contributed by atoms with Crippen molar-refractivity contribution < 1.29 is 25.8 Å². The minimum Gasteiger partial charge on any atom is -0.196 e. The van der Waals surface area contributed by atoms with Crippen LogP contribution in [0, 0.1) is 40.0 Å². The summed E-state index contributed by atoms with van der Waals surface area (Å²) < 4.78 is 0. The van der Waals surface area contributed by atoms with E-state index in [1.807, 2.05) is 0 Å². The normalized spacial score (nSPS) is 14.1. The van der Waals surface area contributed by atoms with Gasteiger partial charge in [-0.2, -0.15) is 33.9 Å². The van der Waals surface area contributed by atoms with E-state index >= 15 is 0 Å². The summed E-state index contributed by atoms with van der Waals surface area (Å²) in [5.74, 6) is 0. The van der Waals surface area contributed by atoms with Crippen LogP contribution in [0.25, 0.3) is 10.8 Å². The molecule has 0 N–H and O–H groups in total. The molecule has 3 aromatic rings. The van der Waals surface area contributed by atoms with Crippen LogP contribution in [-0.2, 0) is 45.1 Å². The fourth-order valence-electron chi connectivity index (χ4n) is 5.55. The number of unbranched alkanes of at least 4 members (excludes halogenated alkanes) is 5. The van der Waals surface area contributed by atoms with Gasteiger partial charge in [0.2, 0.25) is 0 Å². The van der Waals surface area contributed by atoms with E-state index in [1.54, 1.807) is 16.7 Å². The van der Waals surface area contributed by atoms with Crippen LogP contribution in [0.1, 0.15) is 104 Å². The topological polar surface area (TPSA) is 0 Å². The molecule has 1 aliphatic carbocycles. The van der Waals surface area contributed by atoms with E-state index in [0.29, 0.717) is 5.41 Å². The van der Waals surface area contributed by atoms with E-state index in [-0.39, 0.29) is 25.8 Å². The predicted octanol–water partition coefficient (Wildman–Crippen LogP) is 9.53. The molecule has 0 saturated carbocycles. The summed E-state index contributed by atoms with van der Waals surface area (Å²) >= 11 is 0. The molecule has 1 aliphatic rings. The Morgan fingerprint density at radius 1 is 0.818 bits per heavy atom. The zero-order valence-corrected chi connectivity index (χ0v) is 26.3. The third-order valence-corrected chi connectivity index (χ3v) is 8.13. The Labute approximate surface area is 223 Å². The van der Waals surface area contributed by atoms with E-state index in [2.05, 4.69) is 79.7 Å². The minimum absolute atomic E-state index is 0. The van der Waals surface area contributed by atoms with Gasteiger partial charge < -0.3 is 0 Å². The molecule has 0 radical (unpaired) electrons. The van der Waals surface area contributed by atoms with Crippen molar-refractivity contribution in [1.29, 1.82) is 0 Å². The number of aryl methyl sites for hydroxylation is 1. The largest absolute Gasteiger partial charge is 0.196 e. The van der Waals surface area contributed by atoms with Crippen LogP contribution < -0.4 is 0 Å². The van der Waals surface area contributed by atoms with Crippen LogP contribution in [0.2, 0.25) is 0 Å².